The average Bonchev–Trinajstić information content (AvgIpc) is 3.39. The summed E-state index contributed by atoms with van der Waals surface area (Å²) < 4.78 is 40.8. The van der Waals surface area contributed by atoms with Crippen LogP contribution in [0, 0.1) is 0 Å². The van der Waals surface area contributed by atoms with Crippen molar-refractivity contribution in [3.05, 3.63) is 60.2 Å². The molecule has 1 saturated heterocycles. The van der Waals surface area contributed by atoms with E-state index in [0.717, 1.165) is 17.3 Å². The van der Waals surface area contributed by atoms with Crippen LogP contribution in [0.2, 0.25) is 0 Å². The molecule has 0 radical (unpaired) electrons. The number of alkyl halides is 3. The molecule has 36 heavy (non-hydrogen) atoms. The lowest BCUT2D eigenvalue weighted by Gasteiger charge is -2.38. The largest absolute Gasteiger partial charge is 0.433 e. The highest BCUT2D eigenvalue weighted by atomic mass is 19.4. The van der Waals surface area contributed by atoms with E-state index in [1.165, 1.54) is 18.6 Å². The van der Waals surface area contributed by atoms with Crippen LogP contribution in [0.4, 0.5) is 24.7 Å². The number of carbonyl (C=O) groups is 1. The predicted octanol–water partition coefficient (Wildman–Crippen LogP) is 4.42. The summed E-state index contributed by atoms with van der Waals surface area (Å²) in [5.74, 6) is 1.16. The lowest BCUT2D eigenvalue weighted by atomic mass is 9.73. The Morgan fingerprint density at radius 1 is 1.06 bits per heavy atom. The first-order valence-corrected chi connectivity index (χ1v) is 11.7. The van der Waals surface area contributed by atoms with Crippen molar-refractivity contribution < 1.29 is 18.0 Å². The van der Waals surface area contributed by atoms with Crippen molar-refractivity contribution >= 4 is 28.6 Å². The molecule has 2 aliphatic heterocycles. The Labute approximate surface area is 204 Å². The van der Waals surface area contributed by atoms with E-state index < -0.39 is 17.3 Å². The molecule has 2 aliphatic rings. The highest BCUT2D eigenvalue weighted by molar-refractivity contribution is 6.06. The van der Waals surface area contributed by atoms with Gasteiger partial charge in [-0.15, -0.1) is 0 Å². The summed E-state index contributed by atoms with van der Waals surface area (Å²) in [6.07, 6.45) is -0.589. The van der Waals surface area contributed by atoms with E-state index in [4.69, 9.17) is 4.98 Å². The molecule has 3 aromatic heterocycles. The fraction of sp³-hybridized carbons (Fsp3) is 0.320. The summed E-state index contributed by atoms with van der Waals surface area (Å²) in [6, 6.07) is 10.1. The topological polar surface area (TPSA) is 88.8 Å². The summed E-state index contributed by atoms with van der Waals surface area (Å²) in [5, 5.41) is 3.02. The second kappa shape index (κ2) is 8.00. The van der Waals surface area contributed by atoms with Crippen LogP contribution < -0.4 is 10.2 Å². The van der Waals surface area contributed by atoms with E-state index in [0.29, 0.717) is 60.8 Å². The molecule has 0 unspecified atom stereocenters. The van der Waals surface area contributed by atoms with Crippen molar-refractivity contribution in [3.8, 4) is 11.4 Å². The van der Waals surface area contributed by atoms with Crippen LogP contribution in [-0.2, 0) is 22.9 Å². The van der Waals surface area contributed by atoms with Crippen LogP contribution >= 0.6 is 0 Å². The molecule has 11 heteroatoms. The number of fused-ring (bicyclic) bond motifs is 3. The highest BCUT2D eigenvalue weighted by Crippen LogP contribution is 2.45. The minimum absolute atomic E-state index is 0.0311. The number of anilines is 2. The summed E-state index contributed by atoms with van der Waals surface area (Å²) in [6.45, 7) is 3.64. The number of imidazole rings is 1. The number of nitrogens with one attached hydrogen (secondary N) is 1. The maximum Gasteiger partial charge on any atom is 0.433 e. The molecule has 1 aromatic carbocycles. The smallest absolute Gasteiger partial charge is 0.355 e. The van der Waals surface area contributed by atoms with Gasteiger partial charge in [0.2, 0.25) is 5.91 Å². The van der Waals surface area contributed by atoms with Crippen molar-refractivity contribution in [1.82, 2.24) is 24.5 Å². The van der Waals surface area contributed by atoms with E-state index >= 15 is 0 Å². The summed E-state index contributed by atoms with van der Waals surface area (Å²) in [4.78, 5) is 32.3. The fourth-order valence-electron chi connectivity index (χ4n) is 5.34. The molecule has 184 valence electrons. The van der Waals surface area contributed by atoms with Crippen LogP contribution in [0.1, 0.15) is 31.0 Å². The Morgan fingerprint density at radius 3 is 2.53 bits per heavy atom. The lowest BCUT2D eigenvalue weighted by Crippen LogP contribution is -2.46. The van der Waals surface area contributed by atoms with Gasteiger partial charge in [0.15, 0.2) is 17.0 Å². The number of benzene rings is 1. The molecular weight excluding hydrogens is 471 g/mol. The summed E-state index contributed by atoms with van der Waals surface area (Å²) in [5.41, 5.74) is 2.03. The number of rotatable bonds is 3. The minimum atomic E-state index is -4.51. The number of aromatic nitrogens is 5. The predicted molar refractivity (Wildman–Crippen MR) is 127 cm³/mol. The quantitative estimate of drug-likeness (QED) is 0.455. The number of amides is 1. The number of halogens is 3. The molecule has 6 rings (SSSR count). The van der Waals surface area contributed by atoms with E-state index in [-0.39, 0.29) is 5.91 Å². The maximum absolute atomic E-state index is 13.0. The molecule has 5 heterocycles. The van der Waals surface area contributed by atoms with Gasteiger partial charge >= 0.3 is 6.18 Å². The SMILES string of the molecule is CCn1c(-c2ccc(C(F)(F)F)nc2)nc2c(N3CCC4(CC3)C(=O)Nc3ccccc34)ncnc21. The van der Waals surface area contributed by atoms with Gasteiger partial charge < -0.3 is 14.8 Å². The van der Waals surface area contributed by atoms with Crippen LogP contribution in [0.5, 0.6) is 0 Å². The first-order chi connectivity index (χ1) is 17.3. The third-order valence-electron chi connectivity index (χ3n) is 7.18. The fourth-order valence-corrected chi connectivity index (χ4v) is 5.34. The van der Waals surface area contributed by atoms with Crippen molar-refractivity contribution in [2.75, 3.05) is 23.3 Å². The Balaban J connectivity index is 1.34. The number of hydrogen-bond donors (Lipinski definition) is 1. The number of para-hydroxylation sites is 1. The van der Waals surface area contributed by atoms with Crippen molar-refractivity contribution in [2.45, 2.75) is 37.9 Å². The lowest BCUT2D eigenvalue weighted by molar-refractivity contribution is -0.141. The molecular formula is C25H22F3N7O. The number of aryl methyl sites for hydroxylation is 1. The zero-order valence-corrected chi connectivity index (χ0v) is 19.4. The van der Waals surface area contributed by atoms with E-state index in [1.807, 2.05) is 35.8 Å². The molecule has 8 nitrogen and oxygen atoms in total. The normalized spacial score (nSPS) is 17.0. The highest BCUT2D eigenvalue weighted by Gasteiger charge is 2.48. The molecule has 0 bridgehead atoms. The minimum Gasteiger partial charge on any atom is -0.355 e. The molecule has 4 aromatic rings. The number of piperidine rings is 1. The Kier molecular flexibility index (Phi) is 4.99. The van der Waals surface area contributed by atoms with Crippen LogP contribution in [-0.4, -0.2) is 43.5 Å². The van der Waals surface area contributed by atoms with Gasteiger partial charge in [-0.2, -0.15) is 13.2 Å². The third-order valence-corrected chi connectivity index (χ3v) is 7.18. The molecule has 0 aliphatic carbocycles. The number of pyridine rings is 1. The molecule has 1 spiro atoms. The second-order valence-corrected chi connectivity index (χ2v) is 9.05. The van der Waals surface area contributed by atoms with Gasteiger partial charge in [-0.1, -0.05) is 18.2 Å². The number of hydrogen-bond acceptors (Lipinski definition) is 6. The van der Waals surface area contributed by atoms with Crippen LogP contribution in [0.3, 0.4) is 0 Å². The maximum atomic E-state index is 13.0. The van der Waals surface area contributed by atoms with Crippen molar-refractivity contribution in [1.29, 1.82) is 0 Å². The monoisotopic (exact) mass is 493 g/mol. The third kappa shape index (κ3) is 3.33. The molecule has 1 fully saturated rings. The molecule has 0 saturated carbocycles. The van der Waals surface area contributed by atoms with Gasteiger partial charge in [0, 0.05) is 37.1 Å². The van der Waals surface area contributed by atoms with Gasteiger partial charge in [-0.05, 0) is 43.5 Å². The first kappa shape index (κ1) is 22.4. The Bertz CT molecular complexity index is 1470. The molecule has 0 atom stereocenters. The van der Waals surface area contributed by atoms with Gasteiger partial charge in [0.25, 0.3) is 0 Å². The zero-order chi connectivity index (χ0) is 25.1. The Hall–Kier alpha value is -4.02. The number of nitrogens with zero attached hydrogens (tertiary/aromatic N) is 6. The van der Waals surface area contributed by atoms with Gasteiger partial charge in [0.1, 0.15) is 17.8 Å². The van der Waals surface area contributed by atoms with Crippen molar-refractivity contribution in [2.24, 2.45) is 0 Å². The molecule has 1 amide bonds. The zero-order valence-electron chi connectivity index (χ0n) is 19.4. The van der Waals surface area contributed by atoms with E-state index in [2.05, 4.69) is 25.2 Å². The standard InChI is InChI=1S/C25H22F3N7O/c1-2-35-20(15-7-8-18(29-13-15)25(26,27)28)33-19-21(30-14-31-22(19)35)34-11-9-24(10-12-34)16-5-3-4-6-17(16)32-23(24)36/h3-8,13-14H,2,9-12H2,1H3,(H,32,36). The van der Waals surface area contributed by atoms with Gasteiger partial charge in [0.05, 0.1) is 5.41 Å². The van der Waals surface area contributed by atoms with E-state index in [9.17, 15) is 18.0 Å². The van der Waals surface area contributed by atoms with Crippen LogP contribution in [0.15, 0.2) is 48.9 Å². The van der Waals surface area contributed by atoms with Gasteiger partial charge in [-0.25, -0.2) is 15.0 Å². The van der Waals surface area contributed by atoms with Gasteiger partial charge in [-0.3, -0.25) is 9.78 Å². The summed E-state index contributed by atoms with van der Waals surface area (Å²) >= 11 is 0. The first-order valence-electron chi connectivity index (χ1n) is 11.7. The second-order valence-electron chi connectivity index (χ2n) is 9.05. The number of carbonyl (C=O) groups excluding carboxylic acids is 1. The van der Waals surface area contributed by atoms with Crippen LogP contribution in [0.25, 0.3) is 22.6 Å². The summed E-state index contributed by atoms with van der Waals surface area (Å²) in [7, 11) is 0. The molecule has 1 N–H and O–H groups in total. The van der Waals surface area contributed by atoms with Crippen molar-refractivity contribution in [3.63, 3.8) is 0 Å². The average molecular weight is 493 g/mol. The Morgan fingerprint density at radius 2 is 1.83 bits per heavy atom. The van der Waals surface area contributed by atoms with E-state index in [1.54, 1.807) is 0 Å².